The number of amides is 1. The number of aliphatic carboxylic acids is 1. The zero-order chi connectivity index (χ0) is 14.1. The lowest BCUT2D eigenvalue weighted by Crippen LogP contribution is -2.43. The van der Waals surface area contributed by atoms with Crippen LogP contribution in [0.3, 0.4) is 0 Å². The second-order valence-electron chi connectivity index (χ2n) is 3.35. The lowest BCUT2D eigenvalue weighted by molar-refractivity contribution is -0.148. The normalized spacial score (nSPS) is 11.2. The van der Waals surface area contributed by atoms with Gasteiger partial charge in [-0.2, -0.15) is 0 Å². The van der Waals surface area contributed by atoms with Crippen molar-refractivity contribution < 1.29 is 33.8 Å². The Hall–Kier alpha value is -2.12. The van der Waals surface area contributed by atoms with Gasteiger partial charge in [0.2, 0.25) is 0 Å². The molecule has 0 aromatic heterocycles. The molecule has 0 saturated heterocycles. The van der Waals surface area contributed by atoms with Gasteiger partial charge in [-0.15, -0.1) is 0 Å². The summed E-state index contributed by atoms with van der Waals surface area (Å²) in [7, 11) is 1.18. The Morgan fingerprint density at radius 1 is 1.28 bits per heavy atom. The first-order valence-electron chi connectivity index (χ1n) is 5.09. The molecule has 8 heteroatoms. The van der Waals surface area contributed by atoms with Crippen molar-refractivity contribution in [3.05, 3.63) is 0 Å². The molecule has 0 heterocycles. The highest BCUT2D eigenvalue weighted by atomic mass is 16.5. The number of rotatable bonds is 7. The number of carbonyl (C=O) groups excluding carboxylic acids is 3. The molecule has 0 aromatic rings. The first-order chi connectivity index (χ1) is 8.36. The van der Waals surface area contributed by atoms with Crippen LogP contribution in [0.4, 0.5) is 0 Å². The lowest BCUT2D eigenvalue weighted by atomic mass is 10.1. The van der Waals surface area contributed by atoms with Gasteiger partial charge < -0.3 is 19.9 Å². The number of carbonyl (C=O) groups is 4. The van der Waals surface area contributed by atoms with E-state index in [-0.39, 0.29) is 12.8 Å². The molecule has 102 valence electrons. The van der Waals surface area contributed by atoms with Gasteiger partial charge in [-0.25, -0.2) is 4.79 Å². The molecule has 2 N–H and O–H groups in total. The molecule has 0 aliphatic heterocycles. The maximum Gasteiger partial charge on any atom is 0.326 e. The fourth-order valence-electron chi connectivity index (χ4n) is 1.02. The van der Waals surface area contributed by atoms with E-state index in [1.807, 2.05) is 0 Å². The van der Waals surface area contributed by atoms with Gasteiger partial charge in [0.1, 0.15) is 6.04 Å². The molecule has 1 atom stereocenters. The monoisotopic (exact) mass is 261 g/mol. The van der Waals surface area contributed by atoms with Crippen LogP contribution in [-0.2, 0) is 28.7 Å². The van der Waals surface area contributed by atoms with Crippen LogP contribution in [0.5, 0.6) is 0 Å². The zero-order valence-corrected chi connectivity index (χ0v) is 10.1. The second-order valence-corrected chi connectivity index (χ2v) is 3.35. The van der Waals surface area contributed by atoms with E-state index in [0.717, 1.165) is 6.92 Å². The Balaban J connectivity index is 4.18. The molecular formula is C10H15NO7. The van der Waals surface area contributed by atoms with Crippen molar-refractivity contribution in [3.8, 4) is 0 Å². The van der Waals surface area contributed by atoms with Crippen LogP contribution in [0, 0.1) is 0 Å². The Morgan fingerprint density at radius 3 is 2.33 bits per heavy atom. The topological polar surface area (TPSA) is 119 Å². The number of hydrogen-bond acceptors (Lipinski definition) is 6. The summed E-state index contributed by atoms with van der Waals surface area (Å²) < 4.78 is 8.75. The minimum Gasteiger partial charge on any atom is -0.480 e. The molecule has 0 bridgehead atoms. The van der Waals surface area contributed by atoms with Crippen LogP contribution >= 0.6 is 0 Å². The van der Waals surface area contributed by atoms with E-state index < -0.39 is 36.5 Å². The standard InChI is InChI=1S/C10H15NO7/c1-6(12)18-5-8(13)11-7(10(15)16)3-4-9(14)17-2/h7H,3-5H2,1-2H3,(H,11,13)(H,15,16)/t7-/m1/s1. The first kappa shape index (κ1) is 15.9. The zero-order valence-electron chi connectivity index (χ0n) is 10.1. The number of carboxylic acids is 1. The van der Waals surface area contributed by atoms with E-state index in [4.69, 9.17) is 5.11 Å². The average molecular weight is 261 g/mol. The Labute approximate surface area is 103 Å². The molecule has 0 aliphatic carbocycles. The molecule has 0 spiro atoms. The summed E-state index contributed by atoms with van der Waals surface area (Å²) in [6.07, 6.45) is -0.241. The highest BCUT2D eigenvalue weighted by molar-refractivity contribution is 5.85. The molecule has 0 fully saturated rings. The summed E-state index contributed by atoms with van der Waals surface area (Å²) in [5, 5.41) is 10.9. The van der Waals surface area contributed by atoms with Crippen molar-refractivity contribution in [1.29, 1.82) is 0 Å². The van der Waals surface area contributed by atoms with E-state index in [0.29, 0.717) is 0 Å². The number of methoxy groups -OCH3 is 1. The van der Waals surface area contributed by atoms with Crippen LogP contribution in [0.1, 0.15) is 19.8 Å². The number of ether oxygens (including phenoxy) is 2. The molecular weight excluding hydrogens is 246 g/mol. The second kappa shape index (κ2) is 8.04. The minimum atomic E-state index is -1.28. The van der Waals surface area contributed by atoms with Crippen LogP contribution < -0.4 is 5.32 Å². The average Bonchev–Trinajstić information content (AvgIpc) is 2.30. The predicted molar refractivity (Wildman–Crippen MR) is 57.4 cm³/mol. The maximum absolute atomic E-state index is 11.2. The van der Waals surface area contributed by atoms with Gasteiger partial charge in [-0.05, 0) is 6.42 Å². The molecule has 8 nitrogen and oxygen atoms in total. The molecule has 0 unspecified atom stereocenters. The fraction of sp³-hybridized carbons (Fsp3) is 0.600. The van der Waals surface area contributed by atoms with Crippen LogP contribution in [0.25, 0.3) is 0 Å². The van der Waals surface area contributed by atoms with Gasteiger partial charge in [-0.3, -0.25) is 14.4 Å². The Kier molecular flexibility index (Phi) is 7.10. The lowest BCUT2D eigenvalue weighted by Gasteiger charge is -2.13. The highest BCUT2D eigenvalue weighted by Crippen LogP contribution is 1.99. The Morgan fingerprint density at radius 2 is 1.89 bits per heavy atom. The van der Waals surface area contributed by atoms with Crippen LogP contribution in [-0.4, -0.2) is 48.7 Å². The van der Waals surface area contributed by atoms with Gasteiger partial charge in [0, 0.05) is 13.3 Å². The third kappa shape index (κ3) is 7.20. The quantitative estimate of drug-likeness (QED) is 0.568. The molecule has 0 aromatic carbocycles. The van der Waals surface area contributed by atoms with Gasteiger partial charge in [0.25, 0.3) is 5.91 Å². The SMILES string of the molecule is COC(=O)CC[C@@H](NC(=O)COC(C)=O)C(=O)O. The van der Waals surface area contributed by atoms with Crippen molar-refractivity contribution in [1.82, 2.24) is 5.32 Å². The molecule has 18 heavy (non-hydrogen) atoms. The number of esters is 2. The van der Waals surface area contributed by atoms with Gasteiger partial charge in [-0.1, -0.05) is 0 Å². The number of carboxylic acid groups (broad SMARTS) is 1. The van der Waals surface area contributed by atoms with Gasteiger partial charge in [0.05, 0.1) is 7.11 Å². The van der Waals surface area contributed by atoms with E-state index >= 15 is 0 Å². The van der Waals surface area contributed by atoms with Crippen molar-refractivity contribution in [2.45, 2.75) is 25.8 Å². The van der Waals surface area contributed by atoms with Crippen molar-refractivity contribution in [2.75, 3.05) is 13.7 Å². The smallest absolute Gasteiger partial charge is 0.326 e. The fourth-order valence-corrected chi connectivity index (χ4v) is 1.02. The molecule has 0 rings (SSSR count). The summed E-state index contributed by atoms with van der Waals surface area (Å²) in [6, 6.07) is -1.23. The van der Waals surface area contributed by atoms with E-state index in [9.17, 15) is 19.2 Å². The predicted octanol–water partition coefficient (Wildman–Crippen LogP) is -0.928. The minimum absolute atomic E-state index is 0.103. The largest absolute Gasteiger partial charge is 0.480 e. The Bertz CT molecular complexity index is 339. The van der Waals surface area contributed by atoms with E-state index in [1.165, 1.54) is 7.11 Å². The highest BCUT2D eigenvalue weighted by Gasteiger charge is 2.21. The summed E-state index contributed by atoms with van der Waals surface area (Å²) in [4.78, 5) is 43.3. The van der Waals surface area contributed by atoms with Crippen LogP contribution in [0.2, 0.25) is 0 Å². The van der Waals surface area contributed by atoms with Crippen molar-refractivity contribution in [3.63, 3.8) is 0 Å². The first-order valence-corrected chi connectivity index (χ1v) is 5.09. The van der Waals surface area contributed by atoms with Gasteiger partial charge in [0.15, 0.2) is 6.61 Å². The maximum atomic E-state index is 11.2. The summed E-state index contributed by atoms with van der Waals surface area (Å²) in [5.41, 5.74) is 0. The molecule has 0 saturated carbocycles. The van der Waals surface area contributed by atoms with Crippen molar-refractivity contribution >= 4 is 23.8 Å². The third-order valence-corrected chi connectivity index (χ3v) is 1.90. The number of hydrogen-bond donors (Lipinski definition) is 2. The van der Waals surface area contributed by atoms with Crippen LogP contribution in [0.15, 0.2) is 0 Å². The van der Waals surface area contributed by atoms with Gasteiger partial charge >= 0.3 is 17.9 Å². The molecule has 0 radical (unpaired) electrons. The summed E-state index contributed by atoms with van der Waals surface area (Å²) in [5.74, 6) is -3.25. The summed E-state index contributed by atoms with van der Waals surface area (Å²) in [6.45, 7) is 0.566. The number of nitrogens with one attached hydrogen (secondary N) is 1. The third-order valence-electron chi connectivity index (χ3n) is 1.90. The molecule has 1 amide bonds. The van der Waals surface area contributed by atoms with E-state index in [1.54, 1.807) is 0 Å². The molecule has 0 aliphatic rings. The van der Waals surface area contributed by atoms with E-state index in [2.05, 4.69) is 14.8 Å². The van der Waals surface area contributed by atoms with Crippen molar-refractivity contribution in [2.24, 2.45) is 0 Å². The summed E-state index contributed by atoms with van der Waals surface area (Å²) >= 11 is 0.